The molecule has 0 spiro atoms. The summed E-state index contributed by atoms with van der Waals surface area (Å²) in [7, 11) is 0. The number of pyridine rings is 1. The lowest BCUT2D eigenvalue weighted by molar-refractivity contribution is 0.174. The second kappa shape index (κ2) is 6.60. The minimum Gasteiger partial charge on any atom is -0.445 e. The molecule has 110 valence electrons. The minimum atomic E-state index is -0.624. The Morgan fingerprint density at radius 1 is 1.52 bits per heavy atom. The number of ether oxygens (including phenoxy) is 1. The summed E-state index contributed by atoms with van der Waals surface area (Å²) < 4.78 is 6.27. The number of aromatic nitrogens is 3. The van der Waals surface area contributed by atoms with Crippen molar-refractivity contribution in [2.24, 2.45) is 0 Å². The predicted molar refractivity (Wildman–Crippen MR) is 81.3 cm³/mol. The molecule has 0 saturated carbocycles. The van der Waals surface area contributed by atoms with Crippen molar-refractivity contribution < 1.29 is 9.53 Å². The summed E-state index contributed by atoms with van der Waals surface area (Å²) in [6.45, 7) is 5.35. The Balaban J connectivity index is 2.32. The topological polar surface area (TPSA) is 69.0 Å². The molecule has 6 nitrogen and oxygen atoms in total. The number of carbonyl (C=O) groups excluding carboxylic acids is 1. The number of carbonyl (C=O) groups is 1. The molecule has 0 aliphatic rings. The number of aryl methyl sites for hydroxylation is 1. The van der Waals surface area contributed by atoms with Gasteiger partial charge in [0.05, 0.1) is 15.7 Å². The van der Waals surface area contributed by atoms with Crippen LogP contribution >= 0.6 is 23.2 Å². The molecule has 8 heteroatoms. The first-order valence-electron chi connectivity index (χ1n) is 5.94. The van der Waals surface area contributed by atoms with Crippen molar-refractivity contribution in [3.63, 3.8) is 0 Å². The van der Waals surface area contributed by atoms with Gasteiger partial charge in [0.25, 0.3) is 0 Å². The molecule has 2 heterocycles. The maximum Gasteiger partial charge on any atom is 0.413 e. The summed E-state index contributed by atoms with van der Waals surface area (Å²) in [5.74, 6) is 0.742. The van der Waals surface area contributed by atoms with Gasteiger partial charge in [-0.05, 0) is 13.0 Å². The van der Waals surface area contributed by atoms with Crippen LogP contribution in [0.2, 0.25) is 10.0 Å². The van der Waals surface area contributed by atoms with E-state index < -0.39 is 6.09 Å². The molecule has 0 aromatic carbocycles. The molecule has 2 aromatic rings. The number of anilines is 1. The van der Waals surface area contributed by atoms with Crippen molar-refractivity contribution in [3.05, 3.63) is 46.7 Å². The molecule has 0 radical (unpaired) electrons. The van der Waals surface area contributed by atoms with E-state index in [2.05, 4.69) is 22.0 Å². The van der Waals surface area contributed by atoms with Crippen molar-refractivity contribution in [1.82, 2.24) is 14.8 Å². The number of nitrogens with zero attached hydrogens (tertiary/aromatic N) is 3. The fourth-order valence-electron chi connectivity index (χ4n) is 1.59. The Morgan fingerprint density at radius 3 is 2.95 bits per heavy atom. The highest BCUT2D eigenvalue weighted by molar-refractivity contribution is 6.35. The standard InChI is InChI=1S/C13H12Cl2N4O2/c1-3-4-21-13(20)17-11-5-8(2)18-19(11)12-10(15)6-9(14)7-16-12/h3,5-7H,1,4H2,2H3,(H,17,20). The Bertz CT molecular complexity index is 685. The van der Waals surface area contributed by atoms with Crippen molar-refractivity contribution in [2.45, 2.75) is 6.92 Å². The lowest BCUT2D eigenvalue weighted by atomic mass is 10.4. The minimum absolute atomic E-state index is 0.110. The van der Waals surface area contributed by atoms with Crippen LogP contribution in [0.1, 0.15) is 5.69 Å². The Morgan fingerprint density at radius 2 is 2.29 bits per heavy atom. The fourth-order valence-corrected chi connectivity index (χ4v) is 2.05. The van der Waals surface area contributed by atoms with Gasteiger partial charge in [0.2, 0.25) is 0 Å². The average molecular weight is 327 g/mol. The van der Waals surface area contributed by atoms with E-state index >= 15 is 0 Å². The largest absolute Gasteiger partial charge is 0.445 e. The average Bonchev–Trinajstić information content (AvgIpc) is 2.77. The van der Waals surface area contributed by atoms with Gasteiger partial charge in [0, 0.05) is 12.3 Å². The smallest absolute Gasteiger partial charge is 0.413 e. The first-order valence-corrected chi connectivity index (χ1v) is 6.69. The highest BCUT2D eigenvalue weighted by atomic mass is 35.5. The maximum atomic E-state index is 11.6. The van der Waals surface area contributed by atoms with E-state index in [-0.39, 0.29) is 6.61 Å². The lowest BCUT2D eigenvalue weighted by Crippen LogP contribution is -2.17. The van der Waals surface area contributed by atoms with Crippen molar-refractivity contribution >= 4 is 35.1 Å². The van der Waals surface area contributed by atoms with E-state index in [4.69, 9.17) is 27.9 Å². The van der Waals surface area contributed by atoms with Gasteiger partial charge in [-0.25, -0.2) is 9.78 Å². The molecule has 0 saturated heterocycles. The molecule has 0 atom stereocenters. The van der Waals surface area contributed by atoms with Gasteiger partial charge in [0.15, 0.2) is 5.82 Å². The van der Waals surface area contributed by atoms with Crippen LogP contribution in [0.4, 0.5) is 10.6 Å². The number of halogens is 2. The monoisotopic (exact) mass is 326 g/mol. The summed E-state index contributed by atoms with van der Waals surface area (Å²) in [6, 6.07) is 3.21. The number of rotatable bonds is 4. The van der Waals surface area contributed by atoms with E-state index in [1.807, 2.05) is 0 Å². The SMILES string of the molecule is C=CCOC(=O)Nc1cc(C)nn1-c1ncc(Cl)cc1Cl. The third kappa shape index (κ3) is 3.74. The Hall–Kier alpha value is -2.05. The maximum absolute atomic E-state index is 11.6. The molecule has 0 aliphatic carbocycles. The molecule has 1 amide bonds. The van der Waals surface area contributed by atoms with Gasteiger partial charge in [0.1, 0.15) is 12.4 Å². The van der Waals surface area contributed by atoms with Gasteiger partial charge in [-0.2, -0.15) is 9.78 Å². The Labute approximate surface area is 131 Å². The van der Waals surface area contributed by atoms with E-state index in [1.165, 1.54) is 17.0 Å². The van der Waals surface area contributed by atoms with Crippen LogP contribution in [0.3, 0.4) is 0 Å². The van der Waals surface area contributed by atoms with Gasteiger partial charge < -0.3 is 4.74 Å². The van der Waals surface area contributed by atoms with E-state index in [0.717, 1.165) is 0 Å². The number of nitrogens with one attached hydrogen (secondary N) is 1. The van der Waals surface area contributed by atoms with E-state index in [0.29, 0.717) is 27.4 Å². The van der Waals surface area contributed by atoms with Crippen LogP contribution < -0.4 is 5.32 Å². The predicted octanol–water partition coefficient (Wildman–Crippen LogP) is 3.62. The van der Waals surface area contributed by atoms with Crippen LogP contribution in [-0.4, -0.2) is 27.5 Å². The highest BCUT2D eigenvalue weighted by Gasteiger charge is 2.15. The van der Waals surface area contributed by atoms with Crippen LogP contribution in [0.5, 0.6) is 0 Å². The van der Waals surface area contributed by atoms with E-state index in [9.17, 15) is 4.79 Å². The lowest BCUT2D eigenvalue weighted by Gasteiger charge is -2.09. The highest BCUT2D eigenvalue weighted by Crippen LogP contribution is 2.24. The third-order valence-corrected chi connectivity index (χ3v) is 2.87. The zero-order valence-corrected chi connectivity index (χ0v) is 12.6. The molecule has 0 bridgehead atoms. The first kappa shape index (κ1) is 15.3. The molecular weight excluding hydrogens is 315 g/mol. The molecule has 2 rings (SSSR count). The zero-order chi connectivity index (χ0) is 15.4. The summed E-state index contributed by atoms with van der Waals surface area (Å²) in [6.07, 6.45) is 2.29. The van der Waals surface area contributed by atoms with Crippen LogP contribution in [-0.2, 0) is 4.74 Å². The number of hydrogen-bond donors (Lipinski definition) is 1. The fraction of sp³-hybridized carbons (Fsp3) is 0.154. The summed E-state index contributed by atoms with van der Waals surface area (Å²) in [4.78, 5) is 15.7. The van der Waals surface area contributed by atoms with Crippen LogP contribution in [0, 0.1) is 6.92 Å². The third-order valence-electron chi connectivity index (χ3n) is 2.38. The van der Waals surface area contributed by atoms with Gasteiger partial charge in [-0.3, -0.25) is 5.32 Å². The van der Waals surface area contributed by atoms with E-state index in [1.54, 1.807) is 19.1 Å². The second-order valence-corrected chi connectivity index (χ2v) is 4.90. The molecule has 0 fully saturated rings. The quantitative estimate of drug-likeness (QED) is 0.871. The number of hydrogen-bond acceptors (Lipinski definition) is 4. The molecule has 21 heavy (non-hydrogen) atoms. The van der Waals surface area contributed by atoms with Crippen LogP contribution in [0.15, 0.2) is 31.0 Å². The second-order valence-electron chi connectivity index (χ2n) is 4.05. The zero-order valence-electron chi connectivity index (χ0n) is 11.1. The van der Waals surface area contributed by atoms with Crippen LogP contribution in [0.25, 0.3) is 5.82 Å². The van der Waals surface area contributed by atoms with Gasteiger partial charge >= 0.3 is 6.09 Å². The molecule has 0 aliphatic heterocycles. The summed E-state index contributed by atoms with van der Waals surface area (Å²) >= 11 is 11.9. The summed E-state index contributed by atoms with van der Waals surface area (Å²) in [5, 5.41) is 7.53. The number of amides is 1. The first-order chi connectivity index (χ1) is 10.0. The van der Waals surface area contributed by atoms with Gasteiger partial charge in [-0.15, -0.1) is 0 Å². The Kier molecular flexibility index (Phi) is 4.82. The molecular formula is C13H12Cl2N4O2. The van der Waals surface area contributed by atoms with Gasteiger partial charge in [-0.1, -0.05) is 35.9 Å². The normalized spacial score (nSPS) is 10.2. The summed E-state index contributed by atoms with van der Waals surface area (Å²) in [5.41, 5.74) is 0.682. The molecule has 0 unspecified atom stereocenters. The van der Waals surface area contributed by atoms with Crippen molar-refractivity contribution in [1.29, 1.82) is 0 Å². The van der Waals surface area contributed by atoms with Crippen molar-refractivity contribution in [3.8, 4) is 5.82 Å². The van der Waals surface area contributed by atoms with Crippen molar-refractivity contribution in [2.75, 3.05) is 11.9 Å². The molecule has 1 N–H and O–H groups in total. The molecule has 2 aromatic heterocycles.